The summed E-state index contributed by atoms with van der Waals surface area (Å²) in [6.45, 7) is 0. The van der Waals surface area contributed by atoms with Crippen molar-refractivity contribution in [3.05, 3.63) is 90.4 Å². The first-order chi connectivity index (χ1) is 14.7. The molecule has 2 aromatic carbocycles. The molecule has 2 heterocycles. The molecule has 0 bridgehead atoms. The highest BCUT2D eigenvalue weighted by molar-refractivity contribution is 6.10. The van der Waals surface area contributed by atoms with Crippen molar-refractivity contribution in [1.82, 2.24) is 9.97 Å². The third kappa shape index (κ3) is 3.95. The van der Waals surface area contributed by atoms with E-state index in [1.807, 2.05) is 30.3 Å². The van der Waals surface area contributed by atoms with Gasteiger partial charge in [0, 0.05) is 24.0 Å². The minimum atomic E-state index is -0.395. The third-order valence-corrected chi connectivity index (χ3v) is 4.50. The molecule has 7 nitrogen and oxygen atoms in total. The first-order valence-corrected chi connectivity index (χ1v) is 9.20. The fourth-order valence-corrected chi connectivity index (χ4v) is 3.03. The molecule has 2 N–H and O–H groups in total. The topological polar surface area (TPSA) is 93.2 Å². The number of benzene rings is 2. The summed E-state index contributed by atoms with van der Waals surface area (Å²) in [5.74, 6) is -0.239. The summed E-state index contributed by atoms with van der Waals surface area (Å²) in [5, 5.41) is 6.53. The zero-order chi connectivity index (χ0) is 20.9. The van der Waals surface area contributed by atoms with Crippen molar-refractivity contribution in [2.75, 3.05) is 17.7 Å². The lowest BCUT2D eigenvalue weighted by Gasteiger charge is -2.11. The number of methoxy groups -OCH3 is 1. The van der Waals surface area contributed by atoms with Gasteiger partial charge in [-0.15, -0.1) is 0 Å². The summed E-state index contributed by atoms with van der Waals surface area (Å²) < 4.78 is 5.25. The van der Waals surface area contributed by atoms with E-state index >= 15 is 0 Å². The number of carbonyl (C=O) groups excluding carboxylic acids is 2. The van der Waals surface area contributed by atoms with Gasteiger partial charge in [0.2, 0.25) is 0 Å². The Morgan fingerprint density at radius 1 is 0.833 bits per heavy atom. The maximum Gasteiger partial charge on any atom is 0.257 e. The van der Waals surface area contributed by atoms with Crippen LogP contribution in [0.25, 0.3) is 10.9 Å². The van der Waals surface area contributed by atoms with Crippen molar-refractivity contribution < 1.29 is 14.3 Å². The Kier molecular flexibility index (Phi) is 5.34. The van der Waals surface area contributed by atoms with Gasteiger partial charge >= 0.3 is 0 Å². The van der Waals surface area contributed by atoms with Crippen LogP contribution in [0.4, 0.5) is 11.4 Å². The fraction of sp³-hybridized carbons (Fsp3) is 0.0435. The van der Waals surface area contributed by atoms with E-state index in [0.29, 0.717) is 22.6 Å². The summed E-state index contributed by atoms with van der Waals surface area (Å²) >= 11 is 0. The van der Waals surface area contributed by atoms with Crippen LogP contribution in [0, 0.1) is 0 Å². The van der Waals surface area contributed by atoms with E-state index in [9.17, 15) is 9.59 Å². The number of fused-ring (bicyclic) bond motifs is 1. The van der Waals surface area contributed by atoms with Crippen LogP contribution in [-0.4, -0.2) is 28.9 Å². The second kappa shape index (κ2) is 8.40. The summed E-state index contributed by atoms with van der Waals surface area (Å²) in [5.41, 5.74) is 2.32. The first kappa shape index (κ1) is 19.1. The van der Waals surface area contributed by atoms with Gasteiger partial charge in [0.1, 0.15) is 5.75 Å². The molecule has 0 saturated carbocycles. The lowest BCUT2D eigenvalue weighted by molar-refractivity contribution is 0.102. The van der Waals surface area contributed by atoms with Gasteiger partial charge in [-0.25, -0.2) is 0 Å². The Morgan fingerprint density at radius 3 is 2.27 bits per heavy atom. The zero-order valence-electron chi connectivity index (χ0n) is 16.1. The lowest BCUT2D eigenvalue weighted by Crippen LogP contribution is -2.16. The molecule has 0 fully saturated rings. The number of aromatic nitrogens is 2. The van der Waals surface area contributed by atoms with Crippen molar-refractivity contribution in [1.29, 1.82) is 0 Å². The van der Waals surface area contributed by atoms with Gasteiger partial charge in [-0.2, -0.15) is 0 Å². The fourth-order valence-electron chi connectivity index (χ4n) is 3.03. The van der Waals surface area contributed by atoms with Crippen molar-refractivity contribution in [2.24, 2.45) is 0 Å². The normalized spacial score (nSPS) is 10.4. The van der Waals surface area contributed by atoms with E-state index in [2.05, 4.69) is 20.6 Å². The molecule has 0 aliphatic rings. The van der Waals surface area contributed by atoms with Gasteiger partial charge in [-0.3, -0.25) is 19.6 Å². The molecule has 0 saturated heterocycles. The van der Waals surface area contributed by atoms with Gasteiger partial charge in [0.05, 0.1) is 35.1 Å². The summed E-state index contributed by atoms with van der Waals surface area (Å²) in [7, 11) is 1.53. The highest BCUT2D eigenvalue weighted by atomic mass is 16.5. The second-order valence-corrected chi connectivity index (χ2v) is 6.45. The molecule has 0 radical (unpaired) electrons. The first-order valence-electron chi connectivity index (χ1n) is 9.20. The number of hydrogen-bond donors (Lipinski definition) is 2. The smallest absolute Gasteiger partial charge is 0.257 e. The van der Waals surface area contributed by atoms with Crippen LogP contribution in [0.1, 0.15) is 20.7 Å². The predicted octanol–water partition coefficient (Wildman–Crippen LogP) is 4.14. The molecule has 4 aromatic rings. The zero-order valence-corrected chi connectivity index (χ0v) is 16.1. The number of carbonyl (C=O) groups is 2. The molecule has 4 rings (SSSR count). The van der Waals surface area contributed by atoms with Crippen LogP contribution in [0.3, 0.4) is 0 Å². The third-order valence-electron chi connectivity index (χ3n) is 4.50. The Bertz CT molecular complexity index is 1230. The van der Waals surface area contributed by atoms with E-state index < -0.39 is 5.91 Å². The number of nitrogens with zero attached hydrogens (tertiary/aromatic N) is 2. The van der Waals surface area contributed by atoms with Crippen molar-refractivity contribution in [3.8, 4) is 5.75 Å². The molecule has 148 valence electrons. The van der Waals surface area contributed by atoms with Gasteiger partial charge in [-0.1, -0.05) is 30.3 Å². The molecule has 0 spiro atoms. The van der Waals surface area contributed by atoms with Crippen molar-refractivity contribution in [3.63, 3.8) is 0 Å². The van der Waals surface area contributed by atoms with E-state index in [4.69, 9.17) is 4.74 Å². The van der Waals surface area contributed by atoms with Crippen LogP contribution >= 0.6 is 0 Å². The molecular weight excluding hydrogens is 380 g/mol. The van der Waals surface area contributed by atoms with E-state index in [0.717, 1.165) is 5.39 Å². The molecular formula is C23H18N4O3. The van der Waals surface area contributed by atoms with Gasteiger partial charge in [0.25, 0.3) is 11.8 Å². The van der Waals surface area contributed by atoms with Gasteiger partial charge < -0.3 is 15.4 Å². The standard InChI is InChI=1S/C23H18N4O3/c1-30-20-10-3-2-8-18(20)26-22(28)16-12-17(14-24-13-16)23(29)27-19-9-4-6-15-7-5-11-25-21(15)19/h2-14H,1H3,(H,26,28)(H,27,29). The minimum Gasteiger partial charge on any atom is -0.495 e. The molecule has 0 atom stereocenters. The highest BCUT2D eigenvalue weighted by Crippen LogP contribution is 2.24. The Balaban J connectivity index is 1.55. The highest BCUT2D eigenvalue weighted by Gasteiger charge is 2.14. The molecule has 2 aromatic heterocycles. The van der Waals surface area contributed by atoms with Crippen LogP contribution in [0.5, 0.6) is 5.75 Å². The average Bonchev–Trinajstić information content (AvgIpc) is 2.79. The van der Waals surface area contributed by atoms with Crippen LogP contribution in [0.2, 0.25) is 0 Å². The number of amides is 2. The number of rotatable bonds is 5. The largest absolute Gasteiger partial charge is 0.495 e. The number of hydrogen-bond acceptors (Lipinski definition) is 5. The Morgan fingerprint density at radius 2 is 1.50 bits per heavy atom. The lowest BCUT2D eigenvalue weighted by atomic mass is 10.1. The Labute approximate surface area is 172 Å². The van der Waals surface area contributed by atoms with Gasteiger partial charge in [-0.05, 0) is 30.3 Å². The monoisotopic (exact) mass is 398 g/mol. The number of anilines is 2. The van der Waals surface area contributed by atoms with Crippen LogP contribution in [0.15, 0.2) is 79.3 Å². The molecule has 0 aliphatic heterocycles. The molecule has 30 heavy (non-hydrogen) atoms. The van der Waals surface area contributed by atoms with Crippen LogP contribution in [-0.2, 0) is 0 Å². The average molecular weight is 398 g/mol. The number of para-hydroxylation sites is 3. The van der Waals surface area contributed by atoms with Crippen LogP contribution < -0.4 is 15.4 Å². The summed E-state index contributed by atoms with van der Waals surface area (Å²) in [4.78, 5) is 33.8. The van der Waals surface area contributed by atoms with E-state index in [1.54, 1.807) is 30.5 Å². The number of ether oxygens (including phenoxy) is 1. The van der Waals surface area contributed by atoms with E-state index in [-0.39, 0.29) is 17.0 Å². The molecule has 2 amide bonds. The number of pyridine rings is 2. The maximum atomic E-state index is 12.8. The quantitative estimate of drug-likeness (QED) is 0.527. The molecule has 0 unspecified atom stereocenters. The minimum absolute atomic E-state index is 0.254. The van der Waals surface area contributed by atoms with Gasteiger partial charge in [0.15, 0.2) is 0 Å². The summed E-state index contributed by atoms with van der Waals surface area (Å²) in [6.07, 6.45) is 4.48. The van der Waals surface area contributed by atoms with E-state index in [1.165, 1.54) is 25.6 Å². The van der Waals surface area contributed by atoms with Crippen molar-refractivity contribution >= 4 is 34.1 Å². The number of nitrogens with one attached hydrogen (secondary N) is 2. The molecule has 7 heteroatoms. The maximum absolute atomic E-state index is 12.8. The Hall–Kier alpha value is -4.26. The predicted molar refractivity (Wildman–Crippen MR) is 115 cm³/mol. The van der Waals surface area contributed by atoms with Crippen molar-refractivity contribution in [2.45, 2.75) is 0 Å². The molecule has 0 aliphatic carbocycles. The second-order valence-electron chi connectivity index (χ2n) is 6.45. The summed E-state index contributed by atoms with van der Waals surface area (Å²) in [6, 6.07) is 17.9. The SMILES string of the molecule is COc1ccccc1NC(=O)c1cncc(C(=O)Nc2cccc3cccnc23)c1.